The van der Waals surface area contributed by atoms with Gasteiger partial charge in [-0.2, -0.15) is 0 Å². The lowest BCUT2D eigenvalue weighted by Crippen LogP contribution is -2.35. The summed E-state index contributed by atoms with van der Waals surface area (Å²) in [5, 5.41) is 2.90. The first-order chi connectivity index (χ1) is 8.69. The molecule has 0 bridgehead atoms. The Kier molecular flexibility index (Phi) is 6.33. The zero-order valence-corrected chi connectivity index (χ0v) is 11.1. The fourth-order valence-electron chi connectivity index (χ4n) is 1.91. The first-order valence-electron chi connectivity index (χ1n) is 6.59. The molecule has 4 heteroatoms. The number of nitrogens with one attached hydrogen (secondary N) is 1. The number of rotatable bonds is 7. The van der Waals surface area contributed by atoms with E-state index in [1.807, 2.05) is 0 Å². The highest BCUT2D eigenvalue weighted by Gasteiger charge is 2.15. The zero-order valence-electron chi connectivity index (χ0n) is 11.1. The molecule has 0 aliphatic carbocycles. The summed E-state index contributed by atoms with van der Waals surface area (Å²) >= 11 is 0. The van der Waals surface area contributed by atoms with Crippen molar-refractivity contribution in [3.05, 3.63) is 29.8 Å². The first-order valence-corrected chi connectivity index (χ1v) is 6.59. The third-order valence-electron chi connectivity index (χ3n) is 2.90. The Balaban J connectivity index is 2.63. The highest BCUT2D eigenvalue weighted by Crippen LogP contribution is 2.10. The number of carbonyl (C=O) groups excluding carboxylic acids is 1. The second-order valence-corrected chi connectivity index (χ2v) is 4.46. The molecule has 0 spiro atoms. The topological polar surface area (TPSA) is 42.0 Å². The van der Waals surface area contributed by atoms with Crippen LogP contribution in [0.15, 0.2) is 18.5 Å². The van der Waals surface area contributed by atoms with Crippen LogP contribution in [-0.4, -0.2) is 16.9 Å². The maximum Gasteiger partial charge on any atom is 0.254 e. The molecule has 0 fully saturated rings. The van der Waals surface area contributed by atoms with Crippen LogP contribution in [0.1, 0.15) is 56.3 Å². The van der Waals surface area contributed by atoms with Crippen LogP contribution >= 0.6 is 0 Å². The number of nitrogens with zero attached hydrogens (tertiary/aromatic N) is 1. The van der Waals surface area contributed by atoms with Crippen LogP contribution < -0.4 is 5.32 Å². The van der Waals surface area contributed by atoms with Gasteiger partial charge in [0.2, 0.25) is 0 Å². The minimum Gasteiger partial charge on any atom is -0.349 e. The molecule has 1 unspecified atom stereocenters. The van der Waals surface area contributed by atoms with Crippen LogP contribution in [-0.2, 0) is 0 Å². The molecule has 100 valence electrons. The molecule has 0 saturated carbocycles. The van der Waals surface area contributed by atoms with Gasteiger partial charge < -0.3 is 5.32 Å². The lowest BCUT2D eigenvalue weighted by Gasteiger charge is -2.17. The summed E-state index contributed by atoms with van der Waals surface area (Å²) < 4.78 is 13.4. The Morgan fingerprint density at radius 3 is 2.78 bits per heavy atom. The molecule has 1 heterocycles. The van der Waals surface area contributed by atoms with Crippen molar-refractivity contribution in [2.24, 2.45) is 0 Å². The van der Waals surface area contributed by atoms with E-state index >= 15 is 0 Å². The smallest absolute Gasteiger partial charge is 0.254 e. The van der Waals surface area contributed by atoms with Gasteiger partial charge in [-0.25, -0.2) is 4.39 Å². The van der Waals surface area contributed by atoms with E-state index in [2.05, 4.69) is 24.1 Å². The van der Waals surface area contributed by atoms with Gasteiger partial charge in [0.05, 0.1) is 11.8 Å². The van der Waals surface area contributed by atoms with Crippen molar-refractivity contribution in [3.63, 3.8) is 0 Å². The monoisotopic (exact) mass is 252 g/mol. The van der Waals surface area contributed by atoms with E-state index in [0.717, 1.165) is 38.3 Å². The van der Waals surface area contributed by atoms with Gasteiger partial charge in [0, 0.05) is 12.2 Å². The van der Waals surface area contributed by atoms with E-state index in [1.54, 1.807) is 0 Å². The maximum absolute atomic E-state index is 13.4. The molecular weight excluding hydrogens is 231 g/mol. The molecule has 1 aromatic rings. The van der Waals surface area contributed by atoms with E-state index in [1.165, 1.54) is 12.3 Å². The van der Waals surface area contributed by atoms with Crippen LogP contribution in [0.25, 0.3) is 0 Å². The largest absolute Gasteiger partial charge is 0.349 e. The number of aromatic nitrogens is 1. The molecular formula is C14H21FN2O. The van der Waals surface area contributed by atoms with Crippen molar-refractivity contribution in [2.75, 3.05) is 0 Å². The number of carbonyl (C=O) groups is 1. The number of halogens is 1. The summed E-state index contributed by atoms with van der Waals surface area (Å²) in [6.45, 7) is 4.20. The summed E-state index contributed by atoms with van der Waals surface area (Å²) in [5.74, 6) is -0.912. The fourth-order valence-corrected chi connectivity index (χ4v) is 1.91. The summed E-state index contributed by atoms with van der Waals surface area (Å²) in [6.07, 6.45) is 7.55. The van der Waals surface area contributed by atoms with Crippen LogP contribution in [0.2, 0.25) is 0 Å². The summed E-state index contributed by atoms with van der Waals surface area (Å²) in [7, 11) is 0. The predicted octanol–water partition coefficient (Wildman–Crippen LogP) is 3.31. The van der Waals surface area contributed by atoms with Crippen molar-refractivity contribution in [2.45, 2.75) is 52.0 Å². The highest BCUT2D eigenvalue weighted by molar-refractivity contribution is 5.94. The van der Waals surface area contributed by atoms with Crippen LogP contribution in [0.3, 0.4) is 0 Å². The van der Waals surface area contributed by atoms with Gasteiger partial charge in [-0.1, -0.05) is 33.1 Å². The summed E-state index contributed by atoms with van der Waals surface area (Å²) in [5.41, 5.74) is 0.0719. The van der Waals surface area contributed by atoms with E-state index in [0.29, 0.717) is 0 Å². The van der Waals surface area contributed by atoms with Gasteiger partial charge in [0.1, 0.15) is 0 Å². The number of pyridine rings is 1. The molecule has 3 nitrogen and oxygen atoms in total. The standard InChI is InChI=1S/C14H21FN2O/c1-3-5-7-11(6-4-2)17-14(18)12-8-9-16-10-13(12)15/h8-11H,3-7H2,1-2H3,(H,17,18). The van der Waals surface area contributed by atoms with Gasteiger partial charge in [-0.05, 0) is 18.9 Å². The van der Waals surface area contributed by atoms with Gasteiger partial charge >= 0.3 is 0 Å². The minimum atomic E-state index is -0.569. The second kappa shape index (κ2) is 7.80. The number of hydrogen-bond donors (Lipinski definition) is 1. The molecule has 1 N–H and O–H groups in total. The normalized spacial score (nSPS) is 12.2. The SMILES string of the molecule is CCCCC(CCC)NC(=O)c1ccncc1F. The van der Waals surface area contributed by atoms with Crippen LogP contribution in [0.5, 0.6) is 0 Å². The van der Waals surface area contributed by atoms with Crippen molar-refractivity contribution < 1.29 is 9.18 Å². The predicted molar refractivity (Wildman–Crippen MR) is 69.9 cm³/mol. The van der Waals surface area contributed by atoms with E-state index in [4.69, 9.17) is 0 Å². The van der Waals surface area contributed by atoms with Crippen LogP contribution in [0.4, 0.5) is 4.39 Å². The van der Waals surface area contributed by atoms with Crippen molar-refractivity contribution >= 4 is 5.91 Å². The summed E-state index contributed by atoms with van der Waals surface area (Å²) in [4.78, 5) is 15.6. The lowest BCUT2D eigenvalue weighted by molar-refractivity contribution is 0.0928. The average molecular weight is 252 g/mol. The summed E-state index contributed by atoms with van der Waals surface area (Å²) in [6, 6.07) is 1.54. The Morgan fingerprint density at radius 1 is 1.39 bits per heavy atom. The van der Waals surface area contributed by atoms with Gasteiger partial charge in [-0.15, -0.1) is 0 Å². The molecule has 0 radical (unpaired) electrons. The highest BCUT2D eigenvalue weighted by atomic mass is 19.1. The molecule has 18 heavy (non-hydrogen) atoms. The zero-order chi connectivity index (χ0) is 13.4. The Labute approximate surface area is 108 Å². The quantitative estimate of drug-likeness (QED) is 0.809. The van der Waals surface area contributed by atoms with Gasteiger partial charge in [0.15, 0.2) is 5.82 Å². The lowest BCUT2D eigenvalue weighted by atomic mass is 10.0. The van der Waals surface area contributed by atoms with Gasteiger partial charge in [0.25, 0.3) is 5.91 Å². The molecule has 0 aromatic carbocycles. The average Bonchev–Trinajstić information content (AvgIpc) is 2.36. The minimum absolute atomic E-state index is 0.0719. The molecule has 1 aromatic heterocycles. The number of unbranched alkanes of at least 4 members (excludes halogenated alkanes) is 1. The molecule has 0 aliphatic heterocycles. The Bertz CT molecular complexity index is 382. The van der Waals surface area contributed by atoms with Crippen molar-refractivity contribution in [1.29, 1.82) is 0 Å². The molecule has 1 rings (SSSR count). The number of hydrogen-bond acceptors (Lipinski definition) is 2. The first kappa shape index (κ1) is 14.6. The maximum atomic E-state index is 13.4. The van der Waals surface area contributed by atoms with E-state index < -0.39 is 5.82 Å². The molecule has 1 amide bonds. The Morgan fingerprint density at radius 2 is 2.17 bits per heavy atom. The Hall–Kier alpha value is -1.45. The van der Waals surface area contributed by atoms with Crippen molar-refractivity contribution in [3.8, 4) is 0 Å². The molecule has 0 saturated heterocycles. The van der Waals surface area contributed by atoms with E-state index in [-0.39, 0.29) is 17.5 Å². The van der Waals surface area contributed by atoms with E-state index in [9.17, 15) is 9.18 Å². The van der Waals surface area contributed by atoms with Gasteiger partial charge in [-0.3, -0.25) is 9.78 Å². The molecule has 0 aliphatic rings. The second-order valence-electron chi connectivity index (χ2n) is 4.46. The fraction of sp³-hybridized carbons (Fsp3) is 0.571. The third kappa shape index (κ3) is 4.43. The number of amides is 1. The molecule has 1 atom stereocenters. The third-order valence-corrected chi connectivity index (χ3v) is 2.90. The van der Waals surface area contributed by atoms with Crippen LogP contribution in [0, 0.1) is 5.82 Å². The van der Waals surface area contributed by atoms with Crippen molar-refractivity contribution in [1.82, 2.24) is 10.3 Å².